The van der Waals surface area contributed by atoms with Gasteiger partial charge < -0.3 is 5.11 Å². The first-order valence-electron chi connectivity index (χ1n) is 8.81. The average Bonchev–Trinajstić information content (AvgIpc) is 3.18. The van der Waals surface area contributed by atoms with Crippen molar-refractivity contribution < 1.29 is 9.50 Å². The maximum atomic E-state index is 13.0. The van der Waals surface area contributed by atoms with Gasteiger partial charge in [0.1, 0.15) is 5.82 Å². The molecule has 2 unspecified atom stereocenters. The molecule has 1 aliphatic heterocycles. The molecule has 3 nitrogen and oxygen atoms in total. The van der Waals surface area contributed by atoms with E-state index in [9.17, 15) is 9.50 Å². The van der Waals surface area contributed by atoms with Crippen LogP contribution in [0.3, 0.4) is 0 Å². The normalized spacial score (nSPS) is 22.8. The zero-order valence-corrected chi connectivity index (χ0v) is 14.5. The Morgan fingerprint density at radius 2 is 2.04 bits per heavy atom. The predicted octanol–water partition coefficient (Wildman–Crippen LogP) is 4.25. The molecule has 4 rings (SSSR count). The van der Waals surface area contributed by atoms with E-state index in [2.05, 4.69) is 9.88 Å². The number of aromatic nitrogens is 1. The quantitative estimate of drug-likeness (QED) is 0.849. The second-order valence-electron chi connectivity index (χ2n) is 7.01. The highest BCUT2D eigenvalue weighted by molar-refractivity contribution is 7.11. The molecule has 1 N–H and O–H groups in total. The van der Waals surface area contributed by atoms with Crippen molar-refractivity contribution in [2.45, 2.75) is 56.7 Å². The van der Waals surface area contributed by atoms with Crippen LogP contribution in [-0.4, -0.2) is 27.6 Å². The number of nitrogens with zero attached hydrogens (tertiary/aromatic N) is 2. The first-order chi connectivity index (χ1) is 11.7. The molecular formula is C19H23FN2OS. The average molecular weight is 346 g/mol. The topological polar surface area (TPSA) is 36.4 Å². The van der Waals surface area contributed by atoms with Crippen molar-refractivity contribution in [3.05, 3.63) is 51.7 Å². The fraction of sp³-hybridized carbons (Fsp3) is 0.526. The second kappa shape index (κ2) is 6.90. The summed E-state index contributed by atoms with van der Waals surface area (Å²) in [6.45, 7) is 2.02. The van der Waals surface area contributed by atoms with Gasteiger partial charge in [-0.1, -0.05) is 12.1 Å². The third-order valence-electron chi connectivity index (χ3n) is 5.11. The van der Waals surface area contributed by atoms with Crippen LogP contribution in [0.15, 0.2) is 30.5 Å². The number of hydrogen-bond acceptors (Lipinski definition) is 4. The number of hydrogen-bond donors (Lipinski definition) is 1. The largest absolute Gasteiger partial charge is 0.388 e. The zero-order chi connectivity index (χ0) is 16.5. The van der Waals surface area contributed by atoms with Crippen LogP contribution in [0.4, 0.5) is 4.39 Å². The maximum absolute atomic E-state index is 13.0. The molecule has 1 aliphatic carbocycles. The molecule has 0 amide bonds. The van der Waals surface area contributed by atoms with Crippen LogP contribution in [0.25, 0.3) is 0 Å². The van der Waals surface area contributed by atoms with Gasteiger partial charge in [0.05, 0.1) is 11.1 Å². The molecule has 1 aromatic carbocycles. The highest BCUT2D eigenvalue weighted by Crippen LogP contribution is 2.42. The van der Waals surface area contributed by atoms with Gasteiger partial charge in [-0.2, -0.15) is 0 Å². The molecule has 1 aromatic heterocycles. The third kappa shape index (κ3) is 3.68. The van der Waals surface area contributed by atoms with Crippen molar-refractivity contribution in [1.29, 1.82) is 0 Å². The van der Waals surface area contributed by atoms with Crippen LogP contribution in [-0.2, 0) is 6.54 Å². The lowest BCUT2D eigenvalue weighted by atomic mass is 10.0. The van der Waals surface area contributed by atoms with Crippen LogP contribution in [0.1, 0.15) is 59.6 Å². The number of rotatable bonds is 6. The van der Waals surface area contributed by atoms with Crippen LogP contribution in [0, 0.1) is 5.82 Å². The Balaban J connectivity index is 1.37. The Bertz CT molecular complexity index is 683. The van der Waals surface area contributed by atoms with Crippen LogP contribution < -0.4 is 0 Å². The van der Waals surface area contributed by atoms with Crippen molar-refractivity contribution >= 4 is 11.3 Å². The number of thiazole rings is 1. The molecule has 1 saturated carbocycles. The molecule has 2 heterocycles. The Labute approximate surface area is 146 Å². The van der Waals surface area contributed by atoms with Gasteiger partial charge in [0.15, 0.2) is 0 Å². The van der Waals surface area contributed by atoms with Gasteiger partial charge in [-0.15, -0.1) is 11.3 Å². The molecule has 0 radical (unpaired) electrons. The molecule has 0 spiro atoms. The van der Waals surface area contributed by atoms with E-state index in [0.717, 1.165) is 31.0 Å². The van der Waals surface area contributed by atoms with Gasteiger partial charge in [-0.3, -0.25) is 4.90 Å². The van der Waals surface area contributed by atoms with Crippen molar-refractivity contribution in [2.75, 3.05) is 6.54 Å². The summed E-state index contributed by atoms with van der Waals surface area (Å²) in [6.07, 6.45) is 7.09. The Kier molecular flexibility index (Phi) is 4.66. The molecular weight excluding hydrogens is 323 g/mol. The molecule has 0 bridgehead atoms. The lowest BCUT2D eigenvalue weighted by Gasteiger charge is -2.26. The van der Waals surface area contributed by atoms with Gasteiger partial charge >= 0.3 is 0 Å². The summed E-state index contributed by atoms with van der Waals surface area (Å²) in [5, 5.41) is 11.8. The molecule has 128 valence electrons. The summed E-state index contributed by atoms with van der Waals surface area (Å²) in [6, 6.07) is 6.59. The van der Waals surface area contributed by atoms with Gasteiger partial charge in [0, 0.05) is 29.6 Å². The lowest BCUT2D eigenvalue weighted by Crippen LogP contribution is -2.30. The van der Waals surface area contributed by atoms with Crippen molar-refractivity contribution in [3.63, 3.8) is 0 Å². The van der Waals surface area contributed by atoms with E-state index in [4.69, 9.17) is 0 Å². The Morgan fingerprint density at radius 3 is 2.79 bits per heavy atom. The number of aliphatic hydroxyl groups excluding tert-OH is 1. The number of halogens is 1. The minimum absolute atomic E-state index is 0.259. The summed E-state index contributed by atoms with van der Waals surface area (Å²) in [5.41, 5.74) is 0.803. The van der Waals surface area contributed by atoms with Gasteiger partial charge in [0.2, 0.25) is 0 Å². The minimum Gasteiger partial charge on any atom is -0.388 e. The van der Waals surface area contributed by atoms with Gasteiger partial charge in [-0.05, 0) is 56.3 Å². The number of likely N-dealkylation sites (tertiary alicyclic amines) is 1. The van der Waals surface area contributed by atoms with Crippen molar-refractivity contribution in [1.82, 2.24) is 9.88 Å². The highest BCUT2D eigenvalue weighted by Gasteiger charge is 2.29. The molecule has 2 atom stereocenters. The van der Waals surface area contributed by atoms with Crippen LogP contribution >= 0.6 is 11.3 Å². The fourth-order valence-corrected chi connectivity index (χ4v) is 4.68. The standard InChI is InChI=1S/C19H23FN2OS/c20-15-7-5-13(6-8-15)18(23)10-16-2-1-9-22(16)12-17-11-21-19(24-17)14-3-4-14/h5-8,11,14,16,18,23H,1-4,9-10,12H2. The monoisotopic (exact) mass is 346 g/mol. The first-order valence-corrected chi connectivity index (χ1v) is 9.63. The minimum atomic E-state index is -0.528. The lowest BCUT2D eigenvalue weighted by molar-refractivity contribution is 0.118. The van der Waals surface area contributed by atoms with E-state index < -0.39 is 6.10 Å². The van der Waals surface area contributed by atoms with Crippen LogP contribution in [0.5, 0.6) is 0 Å². The molecule has 1 saturated heterocycles. The molecule has 2 fully saturated rings. The molecule has 5 heteroatoms. The summed E-state index contributed by atoms with van der Waals surface area (Å²) in [7, 11) is 0. The van der Waals surface area contributed by atoms with Gasteiger partial charge in [0.25, 0.3) is 0 Å². The van der Waals surface area contributed by atoms with E-state index in [1.54, 1.807) is 12.1 Å². The SMILES string of the molecule is OC(CC1CCCN1Cc1cnc(C2CC2)s1)c1ccc(F)cc1. The summed E-state index contributed by atoms with van der Waals surface area (Å²) in [5.74, 6) is 0.462. The first kappa shape index (κ1) is 16.2. The molecule has 2 aliphatic rings. The van der Waals surface area contributed by atoms with E-state index >= 15 is 0 Å². The zero-order valence-electron chi connectivity index (χ0n) is 13.7. The smallest absolute Gasteiger partial charge is 0.123 e. The summed E-state index contributed by atoms with van der Waals surface area (Å²) >= 11 is 1.85. The third-order valence-corrected chi connectivity index (χ3v) is 6.25. The van der Waals surface area contributed by atoms with Crippen molar-refractivity contribution in [2.24, 2.45) is 0 Å². The maximum Gasteiger partial charge on any atom is 0.123 e. The second-order valence-corrected chi connectivity index (χ2v) is 8.16. The highest BCUT2D eigenvalue weighted by atomic mass is 32.1. The fourth-order valence-electron chi connectivity index (χ4n) is 3.56. The van der Waals surface area contributed by atoms with E-state index in [-0.39, 0.29) is 5.82 Å². The Hall–Kier alpha value is -1.30. The van der Waals surface area contributed by atoms with Crippen molar-refractivity contribution in [3.8, 4) is 0 Å². The summed E-state index contributed by atoms with van der Waals surface area (Å²) < 4.78 is 13.0. The number of benzene rings is 1. The Morgan fingerprint density at radius 1 is 1.25 bits per heavy atom. The van der Waals surface area contributed by atoms with Crippen LogP contribution in [0.2, 0.25) is 0 Å². The molecule has 2 aromatic rings. The predicted molar refractivity (Wildman–Crippen MR) is 93.5 cm³/mol. The van der Waals surface area contributed by atoms with E-state index in [1.807, 2.05) is 17.5 Å². The number of aliphatic hydroxyl groups is 1. The van der Waals surface area contributed by atoms with E-state index in [0.29, 0.717) is 12.5 Å². The van der Waals surface area contributed by atoms with Gasteiger partial charge in [-0.25, -0.2) is 9.37 Å². The summed E-state index contributed by atoms with van der Waals surface area (Å²) in [4.78, 5) is 8.37. The van der Waals surface area contributed by atoms with E-state index in [1.165, 1.54) is 41.3 Å². The molecule has 24 heavy (non-hydrogen) atoms.